The molecule has 2 aromatic carbocycles. The zero-order valence-electron chi connectivity index (χ0n) is 13.2. The fourth-order valence-electron chi connectivity index (χ4n) is 2.11. The maximum atomic E-state index is 11.8. The summed E-state index contributed by atoms with van der Waals surface area (Å²) >= 11 is 11.0. The lowest BCUT2D eigenvalue weighted by atomic mass is 10.1. The van der Waals surface area contributed by atoms with E-state index in [1.54, 1.807) is 0 Å². The first-order chi connectivity index (χ1) is 11.6. The van der Waals surface area contributed by atoms with Gasteiger partial charge in [-0.15, -0.1) is 0 Å². The van der Waals surface area contributed by atoms with Gasteiger partial charge in [-0.05, 0) is 48.3 Å². The van der Waals surface area contributed by atoms with Gasteiger partial charge in [0.1, 0.15) is 0 Å². The van der Waals surface area contributed by atoms with E-state index in [0.717, 1.165) is 17.0 Å². The molecule has 2 aromatic rings. The largest absolute Gasteiger partial charge is 0.361 e. The number of benzene rings is 2. The van der Waals surface area contributed by atoms with Gasteiger partial charge in [-0.1, -0.05) is 54.1 Å². The third-order valence-electron chi connectivity index (χ3n) is 3.41. The summed E-state index contributed by atoms with van der Waals surface area (Å²) in [6, 6.07) is 17.6. The number of aryl methyl sites for hydroxylation is 1. The van der Waals surface area contributed by atoms with Crippen LogP contribution in [0.2, 0.25) is 5.02 Å². The lowest BCUT2D eigenvalue weighted by Gasteiger charge is -2.11. The molecule has 0 bridgehead atoms. The average molecular weight is 362 g/mol. The summed E-state index contributed by atoms with van der Waals surface area (Å²) in [6.45, 7) is 0.674. The number of nitrogens with one attached hydrogen (secondary N) is 3. The van der Waals surface area contributed by atoms with E-state index >= 15 is 0 Å². The van der Waals surface area contributed by atoms with Crippen LogP contribution in [0.4, 0.5) is 0 Å². The van der Waals surface area contributed by atoms with Gasteiger partial charge in [0.2, 0.25) is 5.91 Å². The van der Waals surface area contributed by atoms with Crippen molar-refractivity contribution in [2.75, 3.05) is 6.54 Å². The minimum absolute atomic E-state index is 0.0966. The van der Waals surface area contributed by atoms with Crippen molar-refractivity contribution in [3.8, 4) is 0 Å². The zero-order chi connectivity index (χ0) is 17.2. The van der Waals surface area contributed by atoms with Crippen molar-refractivity contribution in [3.63, 3.8) is 0 Å². The summed E-state index contributed by atoms with van der Waals surface area (Å²) < 4.78 is 0. The summed E-state index contributed by atoms with van der Waals surface area (Å²) in [6.07, 6.45) is 1.93. The fraction of sp³-hybridized carbons (Fsp3) is 0.222. The lowest BCUT2D eigenvalue weighted by molar-refractivity contribution is -0.121. The Labute approximate surface area is 152 Å². The van der Waals surface area contributed by atoms with Gasteiger partial charge in [-0.3, -0.25) is 15.6 Å². The van der Waals surface area contributed by atoms with Gasteiger partial charge in [0, 0.05) is 18.0 Å². The van der Waals surface area contributed by atoms with Crippen molar-refractivity contribution >= 4 is 34.8 Å². The maximum Gasteiger partial charge on any atom is 0.238 e. The topological polar surface area (TPSA) is 53.2 Å². The number of carbonyl (C=O) groups is 1. The number of amides is 1. The van der Waals surface area contributed by atoms with Gasteiger partial charge in [0.25, 0.3) is 0 Å². The van der Waals surface area contributed by atoms with Crippen LogP contribution in [-0.2, 0) is 17.6 Å². The molecule has 0 aliphatic heterocycles. The molecule has 3 N–H and O–H groups in total. The first-order valence-electron chi connectivity index (χ1n) is 7.74. The molecule has 0 radical (unpaired) electrons. The van der Waals surface area contributed by atoms with Crippen LogP contribution < -0.4 is 16.2 Å². The Morgan fingerprint density at radius 2 is 1.58 bits per heavy atom. The quantitative estimate of drug-likeness (QED) is 0.547. The third-order valence-corrected chi connectivity index (χ3v) is 3.91. The standard InChI is InChI=1S/C18H20ClN3OS/c19-16-9-6-15(7-10-16)12-13-20-18(24)22-21-17(23)11-8-14-4-2-1-3-5-14/h1-7,9-10H,8,11-13H2,(H,21,23)(H2,20,22,24). The van der Waals surface area contributed by atoms with Crippen LogP contribution in [-0.4, -0.2) is 17.6 Å². The van der Waals surface area contributed by atoms with Crippen LogP contribution in [0.15, 0.2) is 54.6 Å². The number of hydrogen-bond donors (Lipinski definition) is 3. The Morgan fingerprint density at radius 1 is 0.917 bits per heavy atom. The molecule has 0 aliphatic rings. The first-order valence-corrected chi connectivity index (χ1v) is 8.53. The average Bonchev–Trinajstić information content (AvgIpc) is 2.61. The number of thiocarbonyl (C=S) groups is 1. The zero-order valence-corrected chi connectivity index (χ0v) is 14.8. The van der Waals surface area contributed by atoms with E-state index in [-0.39, 0.29) is 5.91 Å². The van der Waals surface area contributed by atoms with Crippen LogP contribution in [0.25, 0.3) is 0 Å². The smallest absolute Gasteiger partial charge is 0.238 e. The van der Waals surface area contributed by atoms with E-state index < -0.39 is 0 Å². The normalized spacial score (nSPS) is 10.0. The first kappa shape index (κ1) is 18.2. The number of rotatable bonds is 6. The molecule has 126 valence electrons. The van der Waals surface area contributed by atoms with Crippen LogP contribution in [0.3, 0.4) is 0 Å². The molecule has 2 rings (SSSR count). The van der Waals surface area contributed by atoms with E-state index in [1.807, 2.05) is 54.6 Å². The fourth-order valence-corrected chi connectivity index (χ4v) is 2.39. The molecule has 0 aromatic heterocycles. The Hall–Kier alpha value is -2.11. The summed E-state index contributed by atoms with van der Waals surface area (Å²) in [5, 5.41) is 4.17. The SMILES string of the molecule is O=C(CCc1ccccc1)NNC(=S)NCCc1ccc(Cl)cc1. The minimum Gasteiger partial charge on any atom is -0.361 e. The van der Waals surface area contributed by atoms with Crippen molar-refractivity contribution in [2.45, 2.75) is 19.3 Å². The van der Waals surface area contributed by atoms with Crippen molar-refractivity contribution < 1.29 is 4.79 Å². The second kappa shape index (κ2) is 9.90. The van der Waals surface area contributed by atoms with Crippen LogP contribution in [0, 0.1) is 0 Å². The molecule has 0 unspecified atom stereocenters. The molecule has 6 heteroatoms. The highest BCUT2D eigenvalue weighted by Crippen LogP contribution is 2.09. The second-order valence-corrected chi connectivity index (χ2v) is 6.14. The van der Waals surface area contributed by atoms with Crippen molar-refractivity contribution in [2.24, 2.45) is 0 Å². The van der Waals surface area contributed by atoms with Gasteiger partial charge in [-0.2, -0.15) is 0 Å². The Balaban J connectivity index is 1.58. The van der Waals surface area contributed by atoms with Crippen molar-refractivity contribution in [3.05, 3.63) is 70.7 Å². The molecular formula is C18H20ClN3OS. The number of hydrogen-bond acceptors (Lipinski definition) is 2. The van der Waals surface area contributed by atoms with Gasteiger partial charge in [-0.25, -0.2) is 0 Å². The molecule has 0 spiro atoms. The molecule has 0 saturated carbocycles. The van der Waals surface area contributed by atoms with Crippen LogP contribution >= 0.6 is 23.8 Å². The molecule has 1 amide bonds. The van der Waals surface area contributed by atoms with Gasteiger partial charge in [0.15, 0.2) is 5.11 Å². The van der Waals surface area contributed by atoms with Crippen molar-refractivity contribution in [1.82, 2.24) is 16.2 Å². The van der Waals surface area contributed by atoms with E-state index in [1.165, 1.54) is 5.56 Å². The van der Waals surface area contributed by atoms with Gasteiger partial charge >= 0.3 is 0 Å². The molecule has 0 atom stereocenters. The second-order valence-electron chi connectivity index (χ2n) is 5.29. The van der Waals surface area contributed by atoms with Crippen molar-refractivity contribution in [1.29, 1.82) is 0 Å². The summed E-state index contributed by atoms with van der Waals surface area (Å²) in [5.41, 5.74) is 7.62. The Bertz CT molecular complexity index is 662. The van der Waals surface area contributed by atoms with E-state index in [4.69, 9.17) is 23.8 Å². The molecular weight excluding hydrogens is 342 g/mol. The minimum atomic E-state index is -0.0966. The Morgan fingerprint density at radius 3 is 2.29 bits per heavy atom. The molecule has 0 aliphatic carbocycles. The predicted octanol–water partition coefficient (Wildman–Crippen LogP) is 3.01. The van der Waals surface area contributed by atoms with Crippen LogP contribution in [0.5, 0.6) is 0 Å². The van der Waals surface area contributed by atoms with Gasteiger partial charge < -0.3 is 5.32 Å². The number of carbonyl (C=O) groups excluding carboxylic acids is 1. The summed E-state index contributed by atoms with van der Waals surface area (Å²) in [7, 11) is 0. The highest BCUT2D eigenvalue weighted by atomic mass is 35.5. The molecule has 24 heavy (non-hydrogen) atoms. The predicted molar refractivity (Wildman–Crippen MR) is 102 cm³/mol. The van der Waals surface area contributed by atoms with Gasteiger partial charge in [0.05, 0.1) is 0 Å². The molecule has 0 saturated heterocycles. The Kier molecular flexibility index (Phi) is 7.52. The monoisotopic (exact) mass is 361 g/mol. The highest BCUT2D eigenvalue weighted by Gasteiger charge is 2.03. The van der Waals surface area contributed by atoms with E-state index in [2.05, 4.69) is 16.2 Å². The molecule has 0 fully saturated rings. The van der Waals surface area contributed by atoms with E-state index in [0.29, 0.717) is 24.5 Å². The van der Waals surface area contributed by atoms with Crippen LogP contribution in [0.1, 0.15) is 17.5 Å². The summed E-state index contributed by atoms with van der Waals surface area (Å²) in [4.78, 5) is 11.8. The number of halogens is 1. The maximum absolute atomic E-state index is 11.8. The third kappa shape index (κ3) is 6.98. The molecule has 0 heterocycles. The summed E-state index contributed by atoms with van der Waals surface area (Å²) in [5.74, 6) is -0.0966. The number of hydrazine groups is 1. The van der Waals surface area contributed by atoms with E-state index in [9.17, 15) is 4.79 Å². The lowest BCUT2D eigenvalue weighted by Crippen LogP contribution is -2.47. The molecule has 4 nitrogen and oxygen atoms in total. The highest BCUT2D eigenvalue weighted by molar-refractivity contribution is 7.80.